The lowest BCUT2D eigenvalue weighted by Gasteiger charge is -2.33. The number of carbonyl (C=O) groups is 3. The smallest absolute Gasteiger partial charge is 0.332 e. The Morgan fingerprint density at radius 2 is 1.79 bits per heavy atom. The third-order valence-corrected chi connectivity index (χ3v) is 2.95. The van der Waals surface area contributed by atoms with Crippen LogP contribution >= 0.6 is 0 Å². The summed E-state index contributed by atoms with van der Waals surface area (Å²) in [6, 6.07) is -1.10. The minimum Gasteiger partial charge on any atom is -0.458 e. The molecule has 0 saturated carbocycles. The Bertz CT molecular complexity index is 540. The van der Waals surface area contributed by atoms with Crippen molar-refractivity contribution in [2.24, 2.45) is 0 Å². The van der Waals surface area contributed by atoms with Gasteiger partial charge >= 0.3 is 5.97 Å². The number of ether oxygens (including phenoxy) is 1. The van der Waals surface area contributed by atoms with E-state index in [9.17, 15) is 24.5 Å². The zero-order valence-corrected chi connectivity index (χ0v) is 17.4. The molecule has 28 heavy (non-hydrogen) atoms. The molecule has 162 valence electrons. The molecule has 0 bridgehead atoms. The van der Waals surface area contributed by atoms with Crippen molar-refractivity contribution in [2.75, 3.05) is 13.2 Å². The largest absolute Gasteiger partial charge is 0.458 e. The second-order valence-corrected chi connectivity index (χ2v) is 8.02. The maximum Gasteiger partial charge on any atom is 0.332 e. The second-order valence-electron chi connectivity index (χ2n) is 8.02. The standard InChI is InChI=1S/C17H31N3O8/c1-16(2,3)27-15(23)13(19(12-21)28-17(4,5)6)8-9-14(22)18-10-7-11-26-20(24)25/h12-13H,7-11H2,1-6H3,(H,18,22)/t13-/m0/s1. The summed E-state index contributed by atoms with van der Waals surface area (Å²) in [5.74, 6) is -1.06. The van der Waals surface area contributed by atoms with Crippen molar-refractivity contribution in [2.45, 2.75) is 78.0 Å². The predicted molar refractivity (Wildman–Crippen MR) is 98.2 cm³/mol. The summed E-state index contributed by atoms with van der Waals surface area (Å²) in [5, 5.41) is 12.6. The van der Waals surface area contributed by atoms with Gasteiger partial charge in [-0.3, -0.25) is 14.4 Å². The maximum absolute atomic E-state index is 12.5. The lowest BCUT2D eigenvalue weighted by atomic mass is 10.1. The molecule has 0 rings (SSSR count). The van der Waals surface area contributed by atoms with Crippen LogP contribution < -0.4 is 5.32 Å². The highest BCUT2D eigenvalue weighted by Crippen LogP contribution is 2.18. The highest BCUT2D eigenvalue weighted by Gasteiger charge is 2.33. The fourth-order valence-electron chi connectivity index (χ4n) is 1.99. The predicted octanol–water partition coefficient (Wildman–Crippen LogP) is 1.38. The monoisotopic (exact) mass is 405 g/mol. The van der Waals surface area contributed by atoms with Crippen molar-refractivity contribution < 1.29 is 33.9 Å². The first-order valence-corrected chi connectivity index (χ1v) is 8.95. The van der Waals surface area contributed by atoms with E-state index in [1.807, 2.05) is 0 Å². The summed E-state index contributed by atoms with van der Waals surface area (Å²) in [6.07, 6.45) is 0.557. The molecule has 0 aromatic carbocycles. The van der Waals surface area contributed by atoms with Crippen molar-refractivity contribution in [1.29, 1.82) is 0 Å². The van der Waals surface area contributed by atoms with Crippen LogP contribution in [0, 0.1) is 10.1 Å². The summed E-state index contributed by atoms with van der Waals surface area (Å²) < 4.78 is 5.33. The molecule has 0 heterocycles. The summed E-state index contributed by atoms with van der Waals surface area (Å²) in [5.41, 5.74) is -1.51. The van der Waals surface area contributed by atoms with Gasteiger partial charge in [-0.1, -0.05) is 0 Å². The van der Waals surface area contributed by atoms with Gasteiger partial charge in [0.15, 0.2) is 6.04 Å². The number of hydrogen-bond acceptors (Lipinski definition) is 8. The van der Waals surface area contributed by atoms with E-state index in [0.717, 1.165) is 5.06 Å². The highest BCUT2D eigenvalue weighted by atomic mass is 16.9. The zero-order chi connectivity index (χ0) is 22.0. The van der Waals surface area contributed by atoms with E-state index in [1.54, 1.807) is 41.5 Å². The van der Waals surface area contributed by atoms with Crippen LogP contribution in [0.1, 0.15) is 60.8 Å². The molecular formula is C17H31N3O8. The van der Waals surface area contributed by atoms with Crippen molar-refractivity contribution in [3.63, 3.8) is 0 Å². The van der Waals surface area contributed by atoms with E-state index in [2.05, 4.69) is 10.2 Å². The van der Waals surface area contributed by atoms with Crippen molar-refractivity contribution in [3.8, 4) is 0 Å². The van der Waals surface area contributed by atoms with Gasteiger partial charge in [0, 0.05) is 13.0 Å². The molecule has 0 aromatic rings. The van der Waals surface area contributed by atoms with Crippen molar-refractivity contribution in [1.82, 2.24) is 10.4 Å². The van der Waals surface area contributed by atoms with Gasteiger partial charge in [-0.25, -0.2) is 9.86 Å². The van der Waals surface area contributed by atoms with Crippen LogP contribution in [-0.4, -0.2) is 58.8 Å². The number of rotatable bonds is 12. The Morgan fingerprint density at radius 1 is 1.18 bits per heavy atom. The average Bonchev–Trinajstić information content (AvgIpc) is 2.50. The summed E-state index contributed by atoms with van der Waals surface area (Å²) >= 11 is 0. The molecular weight excluding hydrogens is 374 g/mol. The Kier molecular flexibility index (Phi) is 10.4. The van der Waals surface area contributed by atoms with Crippen LogP contribution in [-0.2, 0) is 28.8 Å². The minimum atomic E-state index is -1.10. The fraction of sp³-hybridized carbons (Fsp3) is 0.824. The van der Waals surface area contributed by atoms with Gasteiger partial charge in [-0.2, -0.15) is 0 Å². The maximum atomic E-state index is 12.5. The van der Waals surface area contributed by atoms with Crippen LogP contribution in [0.15, 0.2) is 0 Å². The van der Waals surface area contributed by atoms with E-state index < -0.39 is 28.3 Å². The van der Waals surface area contributed by atoms with E-state index >= 15 is 0 Å². The van der Waals surface area contributed by atoms with Gasteiger partial charge in [0.2, 0.25) is 12.3 Å². The number of hydroxylamine groups is 2. The van der Waals surface area contributed by atoms with Crippen LogP contribution in [0.3, 0.4) is 0 Å². The molecule has 0 spiro atoms. The Morgan fingerprint density at radius 3 is 2.25 bits per heavy atom. The van der Waals surface area contributed by atoms with Gasteiger partial charge in [-0.15, -0.1) is 10.1 Å². The SMILES string of the molecule is CC(C)(C)OC(=O)[C@H](CCC(=O)NCCCO[N+](=O)[O-])N(C=O)OC(C)(C)C. The Hall–Kier alpha value is -2.43. The van der Waals surface area contributed by atoms with Gasteiger partial charge in [-0.05, 0) is 54.4 Å². The fourth-order valence-corrected chi connectivity index (χ4v) is 1.99. The molecule has 0 fully saturated rings. The highest BCUT2D eigenvalue weighted by molar-refractivity contribution is 5.80. The molecule has 0 radical (unpaired) electrons. The first-order chi connectivity index (χ1) is 12.7. The number of esters is 1. The topological polar surface area (TPSA) is 137 Å². The van der Waals surface area contributed by atoms with Gasteiger partial charge < -0.3 is 14.9 Å². The molecule has 0 aliphatic carbocycles. The number of hydrogen-bond donors (Lipinski definition) is 1. The Balaban J connectivity index is 4.83. The molecule has 2 amide bonds. The lowest BCUT2D eigenvalue weighted by Crippen LogP contribution is -2.47. The van der Waals surface area contributed by atoms with Crippen LogP contribution in [0.2, 0.25) is 0 Å². The normalized spacial score (nSPS) is 12.6. The molecule has 0 unspecified atom stereocenters. The molecule has 1 N–H and O–H groups in total. The molecule has 0 aliphatic heterocycles. The van der Waals surface area contributed by atoms with Crippen molar-refractivity contribution in [3.05, 3.63) is 10.1 Å². The summed E-state index contributed by atoms with van der Waals surface area (Å²) in [6.45, 7) is 10.3. The lowest BCUT2D eigenvalue weighted by molar-refractivity contribution is -0.757. The van der Waals surface area contributed by atoms with Gasteiger partial charge in [0.25, 0.3) is 5.09 Å². The third-order valence-electron chi connectivity index (χ3n) is 2.95. The van der Waals surface area contributed by atoms with E-state index in [0.29, 0.717) is 6.41 Å². The van der Waals surface area contributed by atoms with Crippen LogP contribution in [0.25, 0.3) is 0 Å². The first kappa shape index (κ1) is 25.6. The summed E-state index contributed by atoms with van der Waals surface area (Å²) in [7, 11) is 0. The van der Waals surface area contributed by atoms with E-state index in [1.165, 1.54) is 0 Å². The minimum absolute atomic E-state index is 0.0129. The molecule has 1 atom stereocenters. The van der Waals surface area contributed by atoms with Crippen LogP contribution in [0.5, 0.6) is 0 Å². The molecule has 0 aliphatic rings. The van der Waals surface area contributed by atoms with Gasteiger partial charge in [0.05, 0.1) is 12.2 Å². The molecule has 11 nitrogen and oxygen atoms in total. The zero-order valence-electron chi connectivity index (χ0n) is 17.4. The average molecular weight is 405 g/mol. The molecule has 0 aromatic heterocycles. The summed E-state index contributed by atoms with van der Waals surface area (Å²) in [4.78, 5) is 55.6. The van der Waals surface area contributed by atoms with Crippen LogP contribution in [0.4, 0.5) is 0 Å². The first-order valence-electron chi connectivity index (χ1n) is 8.95. The second kappa shape index (κ2) is 11.4. The number of nitrogens with one attached hydrogen (secondary N) is 1. The quantitative estimate of drug-likeness (QED) is 0.169. The molecule has 0 saturated heterocycles. The number of amides is 2. The number of nitrogens with zero attached hydrogens (tertiary/aromatic N) is 2. The van der Waals surface area contributed by atoms with E-state index in [4.69, 9.17) is 9.57 Å². The third kappa shape index (κ3) is 12.8. The van der Waals surface area contributed by atoms with Gasteiger partial charge in [0.1, 0.15) is 5.60 Å². The molecule has 11 heteroatoms. The number of carbonyl (C=O) groups excluding carboxylic acids is 3. The Labute approximate surface area is 164 Å². The van der Waals surface area contributed by atoms with E-state index in [-0.39, 0.29) is 38.3 Å². The van der Waals surface area contributed by atoms with Crippen molar-refractivity contribution >= 4 is 18.3 Å².